The molecule has 0 radical (unpaired) electrons. The van der Waals surface area contributed by atoms with Gasteiger partial charge in [-0.05, 0) is 43.9 Å². The van der Waals surface area contributed by atoms with Gasteiger partial charge < -0.3 is 0 Å². The molecule has 2 aliphatic carbocycles. The molecule has 0 atom stereocenters. The molecule has 1 spiro atoms. The van der Waals surface area contributed by atoms with Crippen LogP contribution in [0.1, 0.15) is 65.2 Å². The van der Waals surface area contributed by atoms with Gasteiger partial charge in [0, 0.05) is 0 Å². The highest BCUT2D eigenvalue weighted by atomic mass is 14.4. The molecule has 0 N–H and O–H groups in total. The average Bonchev–Trinajstić information content (AvgIpc) is 2.50. The molecule has 0 aromatic carbocycles. The van der Waals surface area contributed by atoms with Crippen LogP contribution in [-0.4, -0.2) is 0 Å². The highest BCUT2D eigenvalue weighted by molar-refractivity contribution is 4.95. The minimum absolute atomic E-state index is 0.795. The van der Waals surface area contributed by atoms with E-state index in [-0.39, 0.29) is 0 Å². The second-order valence-corrected chi connectivity index (χ2v) is 4.26. The summed E-state index contributed by atoms with van der Waals surface area (Å²) in [5.74, 6) is 0. The summed E-state index contributed by atoms with van der Waals surface area (Å²) >= 11 is 0. The van der Waals surface area contributed by atoms with Gasteiger partial charge in [0.25, 0.3) is 0 Å². The Hall–Kier alpha value is -0.260. The zero-order valence-corrected chi connectivity index (χ0v) is 9.31. The van der Waals surface area contributed by atoms with Crippen molar-refractivity contribution in [2.45, 2.75) is 65.2 Å². The lowest BCUT2D eigenvalue weighted by molar-refractivity contribution is 0.257. The van der Waals surface area contributed by atoms with Crippen LogP contribution in [0.2, 0.25) is 0 Å². The van der Waals surface area contributed by atoms with Crippen molar-refractivity contribution in [2.24, 2.45) is 5.41 Å². The van der Waals surface area contributed by atoms with E-state index < -0.39 is 0 Å². The summed E-state index contributed by atoms with van der Waals surface area (Å²) in [5, 5.41) is 0. The molecule has 0 unspecified atom stereocenters. The normalized spacial score (nSPS) is 25.1. The molecule has 1 saturated carbocycles. The Bertz CT molecular complexity index is 137. The van der Waals surface area contributed by atoms with Crippen LogP contribution in [0.5, 0.6) is 0 Å². The van der Waals surface area contributed by atoms with Gasteiger partial charge >= 0.3 is 0 Å². The largest absolute Gasteiger partial charge is 0.0885 e. The fourth-order valence-electron chi connectivity index (χ4n) is 2.76. The first kappa shape index (κ1) is 10.8. The fraction of sp³-hybridized carbons (Fsp3) is 0.846. The van der Waals surface area contributed by atoms with E-state index in [1.165, 1.54) is 51.4 Å². The molecule has 0 aromatic heterocycles. The summed E-state index contributed by atoms with van der Waals surface area (Å²) in [6.45, 7) is 4.00. The highest BCUT2D eigenvalue weighted by Gasteiger charge is 2.32. The van der Waals surface area contributed by atoms with Gasteiger partial charge in [0.2, 0.25) is 0 Å². The number of rotatable bonds is 0. The lowest BCUT2D eigenvalue weighted by Gasteiger charge is -2.26. The third kappa shape index (κ3) is 2.86. The Morgan fingerprint density at radius 1 is 0.769 bits per heavy atom. The Morgan fingerprint density at radius 3 is 1.69 bits per heavy atom. The van der Waals surface area contributed by atoms with Crippen molar-refractivity contribution in [1.29, 1.82) is 0 Å². The summed E-state index contributed by atoms with van der Waals surface area (Å²) in [4.78, 5) is 0. The van der Waals surface area contributed by atoms with Crippen LogP contribution in [0.4, 0.5) is 0 Å². The van der Waals surface area contributed by atoms with E-state index in [0.29, 0.717) is 0 Å². The van der Waals surface area contributed by atoms with Crippen LogP contribution in [0.15, 0.2) is 12.2 Å². The Kier molecular flexibility index (Phi) is 4.55. The molecule has 0 bridgehead atoms. The molecule has 0 aliphatic heterocycles. The van der Waals surface area contributed by atoms with E-state index >= 15 is 0 Å². The van der Waals surface area contributed by atoms with E-state index in [1.807, 2.05) is 13.8 Å². The standard InChI is InChI=1S/C11H18.C2H6/c1-2-4-8-11(7-3-1)9-5-6-10-11;1-2/h1-2H,3-10H2;1-2H3. The second kappa shape index (κ2) is 5.47. The van der Waals surface area contributed by atoms with Gasteiger partial charge in [-0.1, -0.05) is 38.8 Å². The minimum Gasteiger partial charge on any atom is -0.0885 e. The van der Waals surface area contributed by atoms with Gasteiger partial charge in [0.1, 0.15) is 0 Å². The van der Waals surface area contributed by atoms with Gasteiger partial charge in [0.05, 0.1) is 0 Å². The molecule has 0 heterocycles. The summed E-state index contributed by atoms with van der Waals surface area (Å²) in [5.41, 5.74) is 0.795. The van der Waals surface area contributed by atoms with Crippen LogP contribution in [-0.2, 0) is 0 Å². The molecule has 0 saturated heterocycles. The summed E-state index contributed by atoms with van der Waals surface area (Å²) < 4.78 is 0. The van der Waals surface area contributed by atoms with Crippen molar-refractivity contribution in [3.8, 4) is 0 Å². The van der Waals surface area contributed by atoms with Gasteiger partial charge in [-0.15, -0.1) is 0 Å². The van der Waals surface area contributed by atoms with Crippen molar-refractivity contribution >= 4 is 0 Å². The molecular weight excluding hydrogens is 156 g/mol. The van der Waals surface area contributed by atoms with E-state index in [1.54, 1.807) is 0 Å². The van der Waals surface area contributed by atoms with Crippen molar-refractivity contribution < 1.29 is 0 Å². The van der Waals surface area contributed by atoms with Crippen molar-refractivity contribution in [3.05, 3.63) is 12.2 Å². The van der Waals surface area contributed by atoms with Gasteiger partial charge in [-0.3, -0.25) is 0 Å². The first-order valence-corrected chi connectivity index (χ1v) is 6.06. The topological polar surface area (TPSA) is 0 Å². The van der Waals surface area contributed by atoms with E-state index in [9.17, 15) is 0 Å². The SMILES string of the molecule is C1=CCCC2(CC1)CCCC2.CC. The summed E-state index contributed by atoms with van der Waals surface area (Å²) in [6.07, 6.45) is 16.5. The van der Waals surface area contributed by atoms with E-state index in [4.69, 9.17) is 0 Å². The molecule has 2 aliphatic rings. The molecule has 0 nitrogen and oxygen atoms in total. The van der Waals surface area contributed by atoms with Gasteiger partial charge in [-0.2, -0.15) is 0 Å². The lowest BCUT2D eigenvalue weighted by Crippen LogP contribution is -2.14. The van der Waals surface area contributed by atoms with E-state index in [0.717, 1.165) is 5.41 Å². The van der Waals surface area contributed by atoms with Crippen molar-refractivity contribution in [1.82, 2.24) is 0 Å². The Labute approximate surface area is 83.4 Å². The fourth-order valence-corrected chi connectivity index (χ4v) is 2.76. The lowest BCUT2D eigenvalue weighted by atomic mass is 9.79. The third-order valence-electron chi connectivity index (χ3n) is 3.51. The van der Waals surface area contributed by atoms with Crippen LogP contribution in [0, 0.1) is 5.41 Å². The number of allylic oxidation sites excluding steroid dienone is 2. The van der Waals surface area contributed by atoms with Crippen LogP contribution < -0.4 is 0 Å². The Balaban J connectivity index is 0.000000396. The van der Waals surface area contributed by atoms with E-state index in [2.05, 4.69) is 12.2 Å². The monoisotopic (exact) mass is 180 g/mol. The van der Waals surface area contributed by atoms with Gasteiger partial charge in [0.15, 0.2) is 0 Å². The maximum atomic E-state index is 2.38. The van der Waals surface area contributed by atoms with Crippen molar-refractivity contribution in [3.63, 3.8) is 0 Å². The summed E-state index contributed by atoms with van der Waals surface area (Å²) in [7, 11) is 0. The smallest absolute Gasteiger partial charge is 0.0292 e. The predicted octanol–water partition coefficient (Wildman–Crippen LogP) is 4.70. The molecule has 13 heavy (non-hydrogen) atoms. The molecule has 2 rings (SSSR count). The first-order chi connectivity index (χ1) is 6.41. The Morgan fingerprint density at radius 2 is 1.23 bits per heavy atom. The second-order valence-electron chi connectivity index (χ2n) is 4.26. The quantitative estimate of drug-likeness (QED) is 0.474. The van der Waals surface area contributed by atoms with Crippen LogP contribution >= 0.6 is 0 Å². The molecule has 0 amide bonds. The van der Waals surface area contributed by atoms with Crippen LogP contribution in [0.3, 0.4) is 0 Å². The first-order valence-electron chi connectivity index (χ1n) is 6.06. The van der Waals surface area contributed by atoms with Gasteiger partial charge in [-0.25, -0.2) is 0 Å². The maximum Gasteiger partial charge on any atom is -0.0292 e. The minimum atomic E-state index is 0.795. The zero-order chi connectivity index (χ0) is 9.57. The molecule has 76 valence electrons. The molecular formula is C13H24. The summed E-state index contributed by atoms with van der Waals surface area (Å²) in [6, 6.07) is 0. The zero-order valence-electron chi connectivity index (χ0n) is 9.31. The molecule has 0 aromatic rings. The number of hydrogen-bond acceptors (Lipinski definition) is 0. The highest BCUT2D eigenvalue weighted by Crippen LogP contribution is 2.46. The third-order valence-corrected chi connectivity index (χ3v) is 3.51. The number of hydrogen-bond donors (Lipinski definition) is 0. The predicted molar refractivity (Wildman–Crippen MR) is 59.9 cm³/mol. The molecule has 0 heteroatoms. The molecule has 1 fully saturated rings. The van der Waals surface area contributed by atoms with Crippen LogP contribution in [0.25, 0.3) is 0 Å². The van der Waals surface area contributed by atoms with Crippen molar-refractivity contribution in [2.75, 3.05) is 0 Å². The average molecular weight is 180 g/mol. The maximum absolute atomic E-state index is 2.38.